The van der Waals surface area contributed by atoms with E-state index in [1.54, 1.807) is 12.2 Å². The minimum Gasteiger partial charge on any atom is -0.454 e. The number of hydrogen-bond acceptors (Lipinski definition) is 4. The van der Waals surface area contributed by atoms with Crippen LogP contribution in [-0.2, 0) is 11.2 Å². The summed E-state index contributed by atoms with van der Waals surface area (Å²) >= 11 is 6.08. The molecule has 0 spiro atoms. The number of ether oxygens (including phenoxy) is 2. The summed E-state index contributed by atoms with van der Waals surface area (Å²) in [6.45, 7) is 1.89. The Morgan fingerprint density at radius 2 is 1.96 bits per heavy atom. The minimum atomic E-state index is 0.0971. The highest BCUT2D eigenvalue weighted by Crippen LogP contribution is 2.32. The molecule has 26 heavy (non-hydrogen) atoms. The summed E-state index contributed by atoms with van der Waals surface area (Å²) in [7, 11) is 2.03. The summed E-state index contributed by atoms with van der Waals surface area (Å²) in [6.07, 6.45) is 4.76. The highest BCUT2D eigenvalue weighted by Gasteiger charge is 2.13. The van der Waals surface area contributed by atoms with Gasteiger partial charge in [-0.15, -0.1) is 0 Å². The van der Waals surface area contributed by atoms with Crippen LogP contribution in [0, 0.1) is 0 Å². The SMILES string of the molecule is CN(CCC(=O)/C=C/c1ccccc1Cl)CCc1ccc2c(c1)OCO2. The molecule has 0 saturated heterocycles. The number of likely N-dealkylation sites (N-methyl/N-ethyl adjacent to an activating group) is 1. The van der Waals surface area contributed by atoms with Crippen molar-refractivity contribution in [2.45, 2.75) is 12.8 Å². The molecular weight excluding hydrogens is 350 g/mol. The van der Waals surface area contributed by atoms with Gasteiger partial charge in [-0.25, -0.2) is 0 Å². The van der Waals surface area contributed by atoms with Crippen LogP contribution < -0.4 is 9.47 Å². The number of fused-ring (bicyclic) bond motifs is 1. The zero-order valence-corrected chi connectivity index (χ0v) is 15.5. The Morgan fingerprint density at radius 3 is 2.81 bits per heavy atom. The first-order chi connectivity index (χ1) is 12.6. The molecule has 1 heterocycles. The summed E-state index contributed by atoms with van der Waals surface area (Å²) in [4.78, 5) is 14.2. The van der Waals surface area contributed by atoms with Gasteiger partial charge in [-0.3, -0.25) is 4.79 Å². The van der Waals surface area contributed by atoms with Crippen molar-refractivity contribution in [2.75, 3.05) is 26.9 Å². The molecule has 0 aliphatic carbocycles. The second-order valence-corrected chi connectivity index (χ2v) is 6.72. The average Bonchev–Trinajstić information content (AvgIpc) is 3.12. The Bertz CT molecular complexity index is 804. The van der Waals surface area contributed by atoms with Gasteiger partial charge in [0.15, 0.2) is 17.3 Å². The van der Waals surface area contributed by atoms with Crippen LogP contribution in [0.4, 0.5) is 0 Å². The lowest BCUT2D eigenvalue weighted by molar-refractivity contribution is -0.114. The van der Waals surface area contributed by atoms with Crippen LogP contribution in [0.15, 0.2) is 48.5 Å². The van der Waals surface area contributed by atoms with Crippen molar-refractivity contribution in [3.63, 3.8) is 0 Å². The zero-order valence-electron chi connectivity index (χ0n) is 14.8. The van der Waals surface area contributed by atoms with Crippen molar-refractivity contribution in [2.24, 2.45) is 0 Å². The zero-order chi connectivity index (χ0) is 18.4. The van der Waals surface area contributed by atoms with Gasteiger partial charge in [0.2, 0.25) is 6.79 Å². The minimum absolute atomic E-state index is 0.0971. The fourth-order valence-corrected chi connectivity index (χ4v) is 2.90. The summed E-state index contributed by atoms with van der Waals surface area (Å²) in [5.74, 6) is 1.71. The summed E-state index contributed by atoms with van der Waals surface area (Å²) in [5.41, 5.74) is 2.06. The van der Waals surface area contributed by atoms with E-state index < -0.39 is 0 Å². The van der Waals surface area contributed by atoms with Crippen molar-refractivity contribution in [1.29, 1.82) is 0 Å². The van der Waals surface area contributed by atoms with E-state index in [0.29, 0.717) is 18.2 Å². The van der Waals surface area contributed by atoms with E-state index in [-0.39, 0.29) is 5.78 Å². The molecule has 0 saturated carbocycles. The number of rotatable bonds is 8. The van der Waals surface area contributed by atoms with Gasteiger partial charge in [-0.1, -0.05) is 35.9 Å². The molecule has 4 nitrogen and oxygen atoms in total. The van der Waals surface area contributed by atoms with Crippen LogP contribution in [0.5, 0.6) is 11.5 Å². The lowest BCUT2D eigenvalue weighted by atomic mass is 10.1. The first-order valence-corrected chi connectivity index (χ1v) is 9.02. The quantitative estimate of drug-likeness (QED) is 0.651. The van der Waals surface area contributed by atoms with Gasteiger partial charge in [0.05, 0.1) is 0 Å². The van der Waals surface area contributed by atoms with Gasteiger partial charge in [-0.2, -0.15) is 0 Å². The van der Waals surface area contributed by atoms with E-state index in [1.165, 1.54) is 5.56 Å². The van der Waals surface area contributed by atoms with Gasteiger partial charge in [-0.05, 0) is 54.9 Å². The van der Waals surface area contributed by atoms with Crippen molar-refractivity contribution in [3.05, 3.63) is 64.7 Å². The number of halogens is 1. The number of carbonyl (C=O) groups excluding carboxylic acids is 1. The molecule has 0 radical (unpaired) electrons. The maximum Gasteiger partial charge on any atom is 0.231 e. The maximum atomic E-state index is 12.0. The molecular formula is C21H22ClNO3. The van der Waals surface area contributed by atoms with Gasteiger partial charge in [0.25, 0.3) is 0 Å². The molecule has 1 aliphatic rings. The van der Waals surface area contributed by atoms with Gasteiger partial charge in [0.1, 0.15) is 0 Å². The summed E-state index contributed by atoms with van der Waals surface area (Å²) in [6, 6.07) is 13.5. The second kappa shape index (κ2) is 8.88. The van der Waals surface area contributed by atoms with Crippen LogP contribution >= 0.6 is 11.6 Å². The molecule has 0 N–H and O–H groups in total. The summed E-state index contributed by atoms with van der Waals surface area (Å²) < 4.78 is 10.7. The molecule has 5 heteroatoms. The van der Waals surface area contributed by atoms with E-state index >= 15 is 0 Å². The average molecular weight is 372 g/mol. The van der Waals surface area contributed by atoms with Gasteiger partial charge >= 0.3 is 0 Å². The highest BCUT2D eigenvalue weighted by molar-refractivity contribution is 6.32. The molecule has 0 atom stereocenters. The molecule has 3 rings (SSSR count). The van der Waals surface area contributed by atoms with Crippen LogP contribution in [0.1, 0.15) is 17.5 Å². The summed E-state index contributed by atoms with van der Waals surface area (Å²) in [5, 5.41) is 0.650. The lowest BCUT2D eigenvalue weighted by Gasteiger charge is -2.15. The first-order valence-electron chi connectivity index (χ1n) is 8.64. The van der Waals surface area contributed by atoms with E-state index in [0.717, 1.165) is 36.6 Å². The van der Waals surface area contributed by atoms with Crippen LogP contribution in [0.3, 0.4) is 0 Å². The maximum absolute atomic E-state index is 12.0. The third-order valence-electron chi connectivity index (χ3n) is 4.31. The number of benzene rings is 2. The third kappa shape index (κ3) is 5.10. The van der Waals surface area contributed by atoms with Crippen molar-refractivity contribution in [1.82, 2.24) is 4.90 Å². The van der Waals surface area contributed by atoms with E-state index in [9.17, 15) is 4.79 Å². The number of nitrogens with zero attached hydrogens (tertiary/aromatic N) is 1. The predicted octanol–water partition coefficient (Wildman–Crippen LogP) is 4.22. The molecule has 0 aromatic heterocycles. The number of carbonyl (C=O) groups is 1. The predicted molar refractivity (Wildman–Crippen MR) is 104 cm³/mol. The monoisotopic (exact) mass is 371 g/mol. The highest BCUT2D eigenvalue weighted by atomic mass is 35.5. The van der Waals surface area contributed by atoms with Gasteiger partial charge < -0.3 is 14.4 Å². The molecule has 0 fully saturated rings. The van der Waals surface area contributed by atoms with Gasteiger partial charge in [0, 0.05) is 24.5 Å². The molecule has 2 aromatic rings. The number of allylic oxidation sites excluding steroid dienone is 1. The third-order valence-corrected chi connectivity index (χ3v) is 4.66. The molecule has 0 bridgehead atoms. The Hall–Kier alpha value is -2.30. The Morgan fingerprint density at radius 1 is 1.15 bits per heavy atom. The van der Waals surface area contributed by atoms with Crippen molar-refractivity contribution in [3.8, 4) is 11.5 Å². The Balaban J connectivity index is 1.41. The molecule has 0 amide bonds. The Labute approximate surface area is 159 Å². The molecule has 136 valence electrons. The van der Waals surface area contributed by atoms with Crippen molar-refractivity contribution < 1.29 is 14.3 Å². The second-order valence-electron chi connectivity index (χ2n) is 6.31. The number of hydrogen-bond donors (Lipinski definition) is 0. The smallest absolute Gasteiger partial charge is 0.231 e. The van der Waals surface area contributed by atoms with E-state index in [4.69, 9.17) is 21.1 Å². The standard InChI is InChI=1S/C21H22ClNO3/c1-23(12-10-16-6-9-20-21(14-16)26-15-25-20)13-11-18(24)8-7-17-4-2-3-5-19(17)22/h2-9,14H,10-13,15H2,1H3/b8-7+. The molecule has 2 aromatic carbocycles. The van der Waals surface area contributed by atoms with E-state index in [2.05, 4.69) is 11.0 Å². The topological polar surface area (TPSA) is 38.8 Å². The lowest BCUT2D eigenvalue weighted by Crippen LogP contribution is -2.24. The fraction of sp³-hybridized carbons (Fsp3) is 0.286. The van der Waals surface area contributed by atoms with Crippen LogP contribution in [0.2, 0.25) is 5.02 Å². The molecule has 1 aliphatic heterocycles. The normalized spacial score (nSPS) is 12.9. The Kier molecular flexibility index (Phi) is 6.31. The molecule has 0 unspecified atom stereocenters. The number of ketones is 1. The largest absolute Gasteiger partial charge is 0.454 e. The van der Waals surface area contributed by atoms with E-state index in [1.807, 2.05) is 43.4 Å². The van der Waals surface area contributed by atoms with Crippen LogP contribution in [0.25, 0.3) is 6.08 Å². The van der Waals surface area contributed by atoms with Crippen molar-refractivity contribution >= 4 is 23.5 Å². The van der Waals surface area contributed by atoms with Crippen LogP contribution in [-0.4, -0.2) is 37.6 Å². The first kappa shape index (κ1) is 18.5. The fourth-order valence-electron chi connectivity index (χ4n) is 2.71.